The number of carboxylic acids is 1. The number of hydrogen-bond acceptors (Lipinski definition) is 6. The van der Waals surface area contributed by atoms with Crippen molar-refractivity contribution in [2.45, 2.75) is 31.9 Å². The Morgan fingerprint density at radius 1 is 1.41 bits per heavy atom. The fraction of sp³-hybridized carbons (Fsp3) is 0.300. The number of β-lactam (4-membered cyclic amide) rings is 1. The molecule has 0 radical (unpaired) electrons. The number of fused-ring (bicyclic) bond motifs is 1. The number of aromatic nitrogens is 1. The summed E-state index contributed by atoms with van der Waals surface area (Å²) >= 11 is 1.33. The van der Waals surface area contributed by atoms with Gasteiger partial charge in [-0.2, -0.15) is 0 Å². The molecular weight excluding hydrogens is 394 g/mol. The molecule has 4 rings (SSSR count). The van der Waals surface area contributed by atoms with Crippen LogP contribution < -0.4 is 5.32 Å². The van der Waals surface area contributed by atoms with E-state index < -0.39 is 18.0 Å². The highest BCUT2D eigenvalue weighted by Gasteiger charge is 2.56. The number of rotatable bonds is 6. The molecule has 1 saturated heterocycles. The van der Waals surface area contributed by atoms with Gasteiger partial charge in [-0.15, -0.1) is 11.3 Å². The van der Waals surface area contributed by atoms with Gasteiger partial charge >= 0.3 is 5.97 Å². The van der Waals surface area contributed by atoms with Gasteiger partial charge in [-0.25, -0.2) is 9.78 Å². The number of aliphatic carboxylic acids is 1. The molecule has 150 valence electrons. The maximum absolute atomic E-state index is 12.4. The van der Waals surface area contributed by atoms with Crippen molar-refractivity contribution in [2.75, 3.05) is 5.32 Å². The molecule has 3 heterocycles. The Bertz CT molecular complexity index is 1010. The predicted octanol–water partition coefficient (Wildman–Crippen LogP) is 1.73. The lowest BCUT2D eigenvalue weighted by molar-refractivity contribution is -0.161. The van der Waals surface area contributed by atoms with Crippen LogP contribution in [0.25, 0.3) is 5.57 Å². The summed E-state index contributed by atoms with van der Waals surface area (Å²) in [5, 5.41) is 24.5. The van der Waals surface area contributed by atoms with Crippen molar-refractivity contribution < 1.29 is 24.6 Å². The molecule has 0 unspecified atom stereocenters. The Hall–Kier alpha value is -3.04. The lowest BCUT2D eigenvalue weighted by Gasteiger charge is -2.44. The van der Waals surface area contributed by atoms with Crippen LogP contribution in [0.15, 0.2) is 41.5 Å². The summed E-state index contributed by atoms with van der Waals surface area (Å²) < 4.78 is 0. The van der Waals surface area contributed by atoms with Crippen LogP contribution in [0.3, 0.4) is 0 Å². The van der Waals surface area contributed by atoms with Crippen molar-refractivity contribution in [1.82, 2.24) is 9.88 Å². The molecule has 0 bridgehead atoms. The van der Waals surface area contributed by atoms with E-state index in [4.69, 9.17) is 0 Å². The number of anilines is 1. The van der Waals surface area contributed by atoms with E-state index in [2.05, 4.69) is 10.3 Å². The summed E-state index contributed by atoms with van der Waals surface area (Å²) in [6.07, 6.45) is 1.24. The summed E-state index contributed by atoms with van der Waals surface area (Å²) in [6.45, 7) is 1.54. The zero-order valence-corrected chi connectivity index (χ0v) is 16.3. The second-order valence-electron chi connectivity index (χ2n) is 7.14. The molecule has 29 heavy (non-hydrogen) atoms. The van der Waals surface area contributed by atoms with Gasteiger partial charge in [0.2, 0.25) is 11.8 Å². The van der Waals surface area contributed by atoms with E-state index in [0.29, 0.717) is 22.7 Å². The van der Waals surface area contributed by atoms with Gasteiger partial charge in [0.15, 0.2) is 5.13 Å². The number of aliphatic hydroxyl groups excluding tert-OH is 1. The van der Waals surface area contributed by atoms with Crippen LogP contribution in [0.5, 0.6) is 0 Å². The summed E-state index contributed by atoms with van der Waals surface area (Å²) in [6, 6.07) is 6.75. The van der Waals surface area contributed by atoms with Crippen LogP contribution >= 0.6 is 11.3 Å². The number of thiazole rings is 1. The van der Waals surface area contributed by atoms with Crippen molar-refractivity contribution in [3.8, 4) is 0 Å². The Morgan fingerprint density at radius 3 is 2.86 bits per heavy atom. The van der Waals surface area contributed by atoms with Gasteiger partial charge in [-0.3, -0.25) is 9.59 Å². The van der Waals surface area contributed by atoms with E-state index >= 15 is 0 Å². The topological polar surface area (TPSA) is 120 Å². The third kappa shape index (κ3) is 3.43. The minimum Gasteiger partial charge on any atom is -0.477 e. The Kier molecular flexibility index (Phi) is 4.93. The second-order valence-corrected chi connectivity index (χ2v) is 8.04. The molecule has 3 N–H and O–H groups in total. The second kappa shape index (κ2) is 7.41. The minimum absolute atomic E-state index is 0.0405. The monoisotopic (exact) mass is 413 g/mol. The van der Waals surface area contributed by atoms with Gasteiger partial charge in [-0.1, -0.05) is 24.3 Å². The minimum atomic E-state index is -1.17. The Morgan fingerprint density at radius 2 is 2.21 bits per heavy atom. The lowest BCUT2D eigenvalue weighted by atomic mass is 9.82. The van der Waals surface area contributed by atoms with Gasteiger partial charge in [0.05, 0.1) is 24.5 Å². The van der Waals surface area contributed by atoms with E-state index in [1.165, 1.54) is 16.2 Å². The van der Waals surface area contributed by atoms with Gasteiger partial charge in [-0.05, 0) is 30.0 Å². The Labute approximate surface area is 170 Å². The predicted molar refractivity (Wildman–Crippen MR) is 106 cm³/mol. The maximum atomic E-state index is 12.4. The van der Waals surface area contributed by atoms with Crippen LogP contribution in [-0.2, 0) is 20.8 Å². The SMILES string of the molecule is C[C@@H](O)[C@H]1C(=O)N2C(C(=O)O)=C(c3cccc(CC(=O)Nc4nccs4)c3)C[C@H]12. The van der Waals surface area contributed by atoms with Crippen LogP contribution in [-0.4, -0.2) is 50.0 Å². The standard InChI is InChI=1S/C20H19N3O5S/c1-10(24)16-14-9-13(17(19(27)28)23(14)18(16)26)12-4-2-3-11(7-12)8-15(25)22-20-21-5-6-29-20/h2-7,10,14,16,24H,8-9H2,1H3,(H,27,28)(H,21,22,25)/t10-,14-,16-/m1/s1. The zero-order valence-electron chi connectivity index (χ0n) is 15.5. The molecule has 2 amide bonds. The first kappa shape index (κ1) is 19.3. The van der Waals surface area contributed by atoms with Crippen molar-refractivity contribution in [1.29, 1.82) is 0 Å². The largest absolute Gasteiger partial charge is 0.477 e. The van der Waals surface area contributed by atoms with Crippen molar-refractivity contribution in [2.24, 2.45) is 5.92 Å². The highest BCUT2D eigenvalue weighted by Crippen LogP contribution is 2.46. The van der Waals surface area contributed by atoms with Crippen LogP contribution in [0, 0.1) is 5.92 Å². The normalized spacial score (nSPS) is 21.6. The number of carbonyl (C=O) groups excluding carboxylic acids is 2. The fourth-order valence-corrected chi connectivity index (χ4v) is 4.58. The molecule has 1 fully saturated rings. The third-order valence-electron chi connectivity index (χ3n) is 5.25. The first-order chi connectivity index (χ1) is 13.9. The average Bonchev–Trinajstić information content (AvgIpc) is 3.27. The number of nitrogens with one attached hydrogen (secondary N) is 1. The van der Waals surface area contributed by atoms with Crippen LogP contribution in [0.4, 0.5) is 5.13 Å². The Balaban J connectivity index is 1.58. The summed E-state index contributed by atoms with van der Waals surface area (Å²) in [5.41, 5.74) is 1.89. The fourth-order valence-electron chi connectivity index (χ4n) is 4.03. The smallest absolute Gasteiger partial charge is 0.352 e. The average molecular weight is 413 g/mol. The molecule has 2 aliphatic rings. The molecule has 0 aliphatic carbocycles. The van der Waals surface area contributed by atoms with E-state index in [9.17, 15) is 24.6 Å². The number of amides is 2. The first-order valence-corrected chi connectivity index (χ1v) is 10.0. The van der Waals surface area contributed by atoms with Crippen LogP contribution in [0.1, 0.15) is 24.5 Å². The molecule has 0 spiro atoms. The van der Waals surface area contributed by atoms with Gasteiger partial charge in [0.25, 0.3) is 0 Å². The number of carboxylic acid groups (broad SMARTS) is 1. The van der Waals surface area contributed by atoms with E-state index in [0.717, 1.165) is 5.56 Å². The highest BCUT2D eigenvalue weighted by atomic mass is 32.1. The van der Waals surface area contributed by atoms with E-state index in [-0.39, 0.29) is 30.0 Å². The van der Waals surface area contributed by atoms with Crippen molar-refractivity contribution in [3.05, 3.63) is 52.7 Å². The maximum Gasteiger partial charge on any atom is 0.352 e. The zero-order chi connectivity index (χ0) is 20.7. The molecule has 2 aromatic rings. The molecule has 2 aliphatic heterocycles. The molecular formula is C20H19N3O5S. The van der Waals surface area contributed by atoms with Crippen molar-refractivity contribution in [3.63, 3.8) is 0 Å². The van der Waals surface area contributed by atoms with Gasteiger partial charge in [0, 0.05) is 11.6 Å². The number of nitrogens with zero attached hydrogens (tertiary/aromatic N) is 2. The highest BCUT2D eigenvalue weighted by molar-refractivity contribution is 7.13. The number of hydrogen-bond donors (Lipinski definition) is 3. The lowest BCUT2D eigenvalue weighted by Crippen LogP contribution is -2.61. The molecule has 9 heteroatoms. The van der Waals surface area contributed by atoms with Gasteiger partial charge < -0.3 is 20.4 Å². The molecule has 1 aromatic heterocycles. The molecule has 1 aromatic carbocycles. The summed E-state index contributed by atoms with van der Waals surface area (Å²) in [7, 11) is 0. The third-order valence-corrected chi connectivity index (χ3v) is 5.94. The van der Waals surface area contributed by atoms with E-state index in [1.54, 1.807) is 42.8 Å². The van der Waals surface area contributed by atoms with E-state index in [1.807, 2.05) is 0 Å². The van der Waals surface area contributed by atoms with Crippen molar-refractivity contribution >= 4 is 39.8 Å². The number of benzene rings is 1. The summed E-state index contributed by atoms with van der Waals surface area (Å²) in [4.78, 5) is 41.7. The number of aliphatic hydroxyl groups is 1. The van der Waals surface area contributed by atoms with Gasteiger partial charge in [0.1, 0.15) is 5.70 Å². The summed E-state index contributed by atoms with van der Waals surface area (Å²) in [5.74, 6) is -2.35. The number of carbonyl (C=O) groups is 3. The molecule has 3 atom stereocenters. The van der Waals surface area contributed by atoms with Crippen LogP contribution in [0.2, 0.25) is 0 Å². The molecule has 0 saturated carbocycles. The quantitative estimate of drug-likeness (QED) is 0.621. The molecule has 8 nitrogen and oxygen atoms in total. The first-order valence-electron chi connectivity index (χ1n) is 9.13.